The molecule has 0 atom stereocenters. The van der Waals surface area contributed by atoms with Crippen LogP contribution in [0, 0.1) is 0 Å². The maximum Gasteiger partial charge on any atom is 0.254 e. The van der Waals surface area contributed by atoms with Crippen molar-refractivity contribution in [3.63, 3.8) is 0 Å². The molecule has 110 valence electrons. The molecule has 1 aliphatic rings. The molecule has 1 saturated carbocycles. The van der Waals surface area contributed by atoms with E-state index >= 15 is 0 Å². The van der Waals surface area contributed by atoms with Crippen molar-refractivity contribution >= 4 is 16.8 Å². The number of rotatable bonds is 5. The Morgan fingerprint density at radius 2 is 2.14 bits per heavy atom. The molecule has 5 heteroatoms. The Kier molecular flexibility index (Phi) is 3.51. The number of nitrogens with zero attached hydrogens (tertiary/aromatic N) is 1. The zero-order valence-corrected chi connectivity index (χ0v) is 11.7. The topological polar surface area (TPSA) is 85.3 Å². The zero-order valence-electron chi connectivity index (χ0n) is 11.7. The van der Waals surface area contributed by atoms with E-state index in [1.165, 1.54) is 0 Å². The molecule has 1 aromatic carbocycles. The predicted octanol–water partition coefficient (Wildman–Crippen LogP) is 1.36. The van der Waals surface area contributed by atoms with Crippen LogP contribution in [0.25, 0.3) is 10.9 Å². The molecule has 1 aliphatic carbocycles. The van der Waals surface area contributed by atoms with Crippen LogP contribution in [-0.2, 0) is 6.42 Å². The van der Waals surface area contributed by atoms with Gasteiger partial charge in [-0.05, 0) is 43.4 Å². The molecule has 0 spiro atoms. The molecule has 5 nitrogen and oxygen atoms in total. The van der Waals surface area contributed by atoms with E-state index in [0.717, 1.165) is 23.9 Å². The van der Waals surface area contributed by atoms with Crippen LogP contribution >= 0.6 is 0 Å². The number of carbonyl (C=O) groups is 1. The monoisotopic (exact) mass is 286 g/mol. The van der Waals surface area contributed by atoms with E-state index in [-0.39, 0.29) is 17.6 Å². The highest BCUT2D eigenvalue weighted by Gasteiger charge is 2.26. The van der Waals surface area contributed by atoms with Crippen molar-refractivity contribution in [3.8, 4) is 0 Å². The smallest absolute Gasteiger partial charge is 0.254 e. The lowest BCUT2D eigenvalue weighted by Gasteiger charge is -2.12. The van der Waals surface area contributed by atoms with E-state index in [9.17, 15) is 9.59 Å². The molecular weight excluding hydrogens is 268 g/mol. The minimum Gasteiger partial charge on any atom is -0.396 e. The first kappa shape index (κ1) is 13.8. The molecule has 3 N–H and O–H groups in total. The molecule has 1 amide bonds. The number of hydrogen-bond acceptors (Lipinski definition) is 3. The second-order valence-corrected chi connectivity index (χ2v) is 5.55. The molecule has 0 saturated heterocycles. The van der Waals surface area contributed by atoms with Crippen molar-refractivity contribution < 1.29 is 9.90 Å². The van der Waals surface area contributed by atoms with Crippen LogP contribution < -0.4 is 11.2 Å². The summed E-state index contributed by atoms with van der Waals surface area (Å²) < 4.78 is 1.99. The van der Waals surface area contributed by atoms with Crippen LogP contribution in [-0.4, -0.2) is 22.2 Å². The number of aliphatic hydroxyl groups excluding tert-OH is 1. The summed E-state index contributed by atoms with van der Waals surface area (Å²) in [5, 5.41) is 9.45. The third-order valence-corrected chi connectivity index (χ3v) is 3.93. The quantitative estimate of drug-likeness (QED) is 0.870. The number of fused-ring (bicyclic) bond motifs is 1. The normalized spacial score (nSPS) is 14.5. The molecule has 0 bridgehead atoms. The average Bonchev–Trinajstić information content (AvgIpc) is 3.30. The van der Waals surface area contributed by atoms with Gasteiger partial charge in [-0.3, -0.25) is 9.59 Å². The van der Waals surface area contributed by atoms with Crippen LogP contribution in [0.5, 0.6) is 0 Å². The second-order valence-electron chi connectivity index (χ2n) is 5.55. The maximum absolute atomic E-state index is 12.4. The third-order valence-electron chi connectivity index (χ3n) is 3.93. The fraction of sp³-hybridized carbons (Fsp3) is 0.375. The summed E-state index contributed by atoms with van der Waals surface area (Å²) in [7, 11) is 0. The van der Waals surface area contributed by atoms with E-state index in [1.54, 1.807) is 6.20 Å². The average molecular weight is 286 g/mol. The molecule has 1 aromatic heterocycles. The van der Waals surface area contributed by atoms with Gasteiger partial charge in [-0.1, -0.05) is 6.07 Å². The van der Waals surface area contributed by atoms with Gasteiger partial charge in [0.2, 0.25) is 5.43 Å². The largest absolute Gasteiger partial charge is 0.396 e. The molecule has 0 aliphatic heterocycles. The van der Waals surface area contributed by atoms with Gasteiger partial charge in [0, 0.05) is 24.2 Å². The van der Waals surface area contributed by atoms with Gasteiger partial charge in [0.05, 0.1) is 5.52 Å². The Morgan fingerprint density at radius 1 is 1.38 bits per heavy atom. The number of benzene rings is 1. The van der Waals surface area contributed by atoms with E-state index in [4.69, 9.17) is 10.8 Å². The highest BCUT2D eigenvalue weighted by Crippen LogP contribution is 2.37. The number of primary amides is 1. The standard InChI is InChI=1S/C16H18N2O3/c17-16(21)13-9-18(11-4-5-11)14-6-3-10(2-1-7-19)8-12(14)15(13)20/h3,6,8-9,11,19H,1-2,4-5,7H2,(H2,17,21). The zero-order chi connectivity index (χ0) is 15.0. The summed E-state index contributed by atoms with van der Waals surface area (Å²) in [6.45, 7) is 0.117. The van der Waals surface area contributed by atoms with Crippen molar-refractivity contribution in [1.82, 2.24) is 4.57 Å². The fourth-order valence-corrected chi connectivity index (χ4v) is 2.67. The summed E-state index contributed by atoms with van der Waals surface area (Å²) >= 11 is 0. The summed E-state index contributed by atoms with van der Waals surface area (Å²) in [5.41, 5.74) is 6.90. The highest BCUT2D eigenvalue weighted by atomic mass is 16.2. The van der Waals surface area contributed by atoms with Crippen LogP contribution in [0.4, 0.5) is 0 Å². The minimum atomic E-state index is -0.683. The van der Waals surface area contributed by atoms with Crippen molar-refractivity contribution in [1.29, 1.82) is 0 Å². The maximum atomic E-state index is 12.4. The first-order chi connectivity index (χ1) is 10.1. The van der Waals surface area contributed by atoms with Crippen molar-refractivity contribution in [2.75, 3.05) is 6.61 Å². The SMILES string of the molecule is NC(=O)c1cn(C2CC2)c2ccc(CCCO)cc2c1=O. The van der Waals surface area contributed by atoms with Gasteiger partial charge in [0.25, 0.3) is 5.91 Å². The number of aliphatic hydroxyl groups is 1. The van der Waals surface area contributed by atoms with Gasteiger partial charge in [-0.15, -0.1) is 0 Å². The van der Waals surface area contributed by atoms with Gasteiger partial charge in [0.1, 0.15) is 5.56 Å². The number of nitrogens with two attached hydrogens (primary N) is 1. The molecule has 21 heavy (non-hydrogen) atoms. The van der Waals surface area contributed by atoms with Gasteiger partial charge in [-0.2, -0.15) is 0 Å². The van der Waals surface area contributed by atoms with E-state index in [1.807, 2.05) is 22.8 Å². The second kappa shape index (κ2) is 5.33. The van der Waals surface area contributed by atoms with Crippen LogP contribution in [0.15, 0.2) is 29.2 Å². The Balaban J connectivity index is 2.21. The molecule has 0 unspecified atom stereocenters. The number of aryl methyl sites for hydroxylation is 1. The molecule has 3 rings (SSSR count). The molecule has 1 fully saturated rings. The van der Waals surface area contributed by atoms with Crippen molar-refractivity contribution in [3.05, 3.63) is 45.7 Å². The Labute approximate surface area is 122 Å². The number of pyridine rings is 1. The Bertz CT molecular complexity index is 760. The lowest BCUT2D eigenvalue weighted by molar-refractivity contribution is 0.0999. The first-order valence-electron chi connectivity index (χ1n) is 7.20. The number of hydrogen-bond donors (Lipinski definition) is 2. The van der Waals surface area contributed by atoms with Crippen molar-refractivity contribution in [2.45, 2.75) is 31.7 Å². The lowest BCUT2D eigenvalue weighted by Crippen LogP contribution is -2.24. The van der Waals surface area contributed by atoms with E-state index < -0.39 is 5.91 Å². The Morgan fingerprint density at radius 3 is 2.76 bits per heavy atom. The number of carbonyl (C=O) groups excluding carboxylic acids is 1. The predicted molar refractivity (Wildman–Crippen MR) is 80.4 cm³/mol. The summed E-state index contributed by atoms with van der Waals surface area (Å²) in [4.78, 5) is 23.9. The first-order valence-corrected chi connectivity index (χ1v) is 7.20. The van der Waals surface area contributed by atoms with Gasteiger partial charge >= 0.3 is 0 Å². The van der Waals surface area contributed by atoms with E-state index in [0.29, 0.717) is 24.3 Å². The van der Waals surface area contributed by atoms with Gasteiger partial charge in [0.15, 0.2) is 0 Å². The Hall–Kier alpha value is -2.14. The molecule has 0 radical (unpaired) electrons. The summed E-state index contributed by atoms with van der Waals surface area (Å²) in [5.74, 6) is -0.683. The number of amides is 1. The molecule has 2 aromatic rings. The van der Waals surface area contributed by atoms with Crippen LogP contribution in [0.3, 0.4) is 0 Å². The fourth-order valence-electron chi connectivity index (χ4n) is 2.67. The molecule has 1 heterocycles. The number of aromatic nitrogens is 1. The highest BCUT2D eigenvalue weighted by molar-refractivity contribution is 5.96. The van der Waals surface area contributed by atoms with Crippen LogP contribution in [0.2, 0.25) is 0 Å². The van der Waals surface area contributed by atoms with E-state index in [2.05, 4.69) is 0 Å². The van der Waals surface area contributed by atoms with Crippen LogP contribution in [0.1, 0.15) is 41.2 Å². The third kappa shape index (κ3) is 2.56. The molecular formula is C16H18N2O3. The summed E-state index contributed by atoms with van der Waals surface area (Å²) in [6.07, 6.45) is 5.07. The van der Waals surface area contributed by atoms with Gasteiger partial charge in [-0.25, -0.2) is 0 Å². The van der Waals surface area contributed by atoms with Gasteiger partial charge < -0.3 is 15.4 Å². The summed E-state index contributed by atoms with van der Waals surface area (Å²) in [6, 6.07) is 6.07. The lowest BCUT2D eigenvalue weighted by atomic mass is 10.0. The van der Waals surface area contributed by atoms with Crippen molar-refractivity contribution in [2.24, 2.45) is 5.73 Å². The minimum absolute atomic E-state index is 0.0497.